The van der Waals surface area contributed by atoms with Gasteiger partial charge in [0.05, 0.1) is 0 Å². The minimum absolute atomic E-state index is 0.0913. The third-order valence-corrected chi connectivity index (χ3v) is 3.85. The van der Waals surface area contributed by atoms with Crippen molar-refractivity contribution in [1.82, 2.24) is 4.31 Å². The number of carbonyl (C=O) groups is 1. The number of carbonyl (C=O) groups excluding carboxylic acids is 1. The highest BCUT2D eigenvalue weighted by Gasteiger charge is 2.46. The largest absolute Gasteiger partial charge is 0.404 e. The Balaban J connectivity index is 2.76. The Morgan fingerprint density at radius 1 is 1.47 bits per heavy atom. The quantitative estimate of drug-likeness (QED) is 0.724. The maximum absolute atomic E-state index is 11.9. The van der Waals surface area contributed by atoms with Crippen molar-refractivity contribution in [1.29, 1.82) is 0 Å². The Labute approximate surface area is 84.1 Å². The minimum Gasteiger partial charge on any atom is -0.368 e. The molecule has 0 saturated carbocycles. The Morgan fingerprint density at radius 3 is 2.27 bits per heavy atom. The van der Waals surface area contributed by atoms with E-state index in [9.17, 15) is 26.4 Å². The molecule has 1 fully saturated rings. The first-order valence-corrected chi connectivity index (χ1v) is 5.60. The van der Waals surface area contributed by atoms with Gasteiger partial charge in [-0.1, -0.05) is 0 Å². The fourth-order valence-electron chi connectivity index (χ4n) is 1.27. The molecule has 1 unspecified atom stereocenters. The Morgan fingerprint density at radius 2 is 2.00 bits per heavy atom. The molecule has 1 rings (SSSR count). The van der Waals surface area contributed by atoms with E-state index in [-0.39, 0.29) is 13.0 Å². The molecular formula is C6H9F3N2O3S. The Kier molecular flexibility index (Phi) is 2.97. The van der Waals surface area contributed by atoms with Gasteiger partial charge in [0.25, 0.3) is 0 Å². The molecule has 1 amide bonds. The Hall–Kier alpha value is -0.830. The van der Waals surface area contributed by atoms with Crippen LogP contribution in [0.2, 0.25) is 0 Å². The zero-order chi connectivity index (χ0) is 11.9. The standard InChI is InChI=1S/C6H9F3N2O3S/c7-6(8,9)3-15(13,14)11-2-1-4(11)5(10)12/h4H,1-3H2,(H2,10,12). The molecule has 1 aliphatic heterocycles. The molecule has 0 bridgehead atoms. The van der Waals surface area contributed by atoms with Crippen molar-refractivity contribution in [3.63, 3.8) is 0 Å². The van der Waals surface area contributed by atoms with E-state index in [1.54, 1.807) is 0 Å². The topological polar surface area (TPSA) is 80.5 Å². The maximum atomic E-state index is 11.9. The van der Waals surface area contributed by atoms with Crippen LogP contribution in [0.25, 0.3) is 0 Å². The van der Waals surface area contributed by atoms with Crippen LogP contribution in [0.5, 0.6) is 0 Å². The molecule has 15 heavy (non-hydrogen) atoms. The van der Waals surface area contributed by atoms with Gasteiger partial charge in [-0.15, -0.1) is 0 Å². The molecule has 1 aliphatic rings. The lowest BCUT2D eigenvalue weighted by Gasteiger charge is -2.37. The van der Waals surface area contributed by atoms with Crippen LogP contribution in [0.1, 0.15) is 6.42 Å². The van der Waals surface area contributed by atoms with Gasteiger partial charge in [0.2, 0.25) is 15.9 Å². The van der Waals surface area contributed by atoms with Gasteiger partial charge < -0.3 is 5.73 Å². The van der Waals surface area contributed by atoms with Crippen molar-refractivity contribution >= 4 is 15.9 Å². The second-order valence-corrected chi connectivity index (χ2v) is 5.11. The van der Waals surface area contributed by atoms with Crippen LogP contribution in [0, 0.1) is 0 Å². The maximum Gasteiger partial charge on any atom is 0.404 e. The van der Waals surface area contributed by atoms with E-state index in [0.717, 1.165) is 0 Å². The van der Waals surface area contributed by atoms with Gasteiger partial charge in [0.15, 0.2) is 5.75 Å². The zero-order valence-electron chi connectivity index (χ0n) is 7.49. The second kappa shape index (κ2) is 3.63. The van der Waals surface area contributed by atoms with Gasteiger partial charge in [-0.2, -0.15) is 17.5 Å². The molecular weight excluding hydrogens is 237 g/mol. The van der Waals surface area contributed by atoms with Gasteiger partial charge in [-0.3, -0.25) is 4.79 Å². The average molecular weight is 246 g/mol. The number of sulfonamides is 1. The number of primary amides is 1. The highest BCUT2D eigenvalue weighted by Crippen LogP contribution is 2.26. The van der Waals surface area contributed by atoms with Crippen molar-refractivity contribution in [2.75, 3.05) is 12.3 Å². The number of nitrogens with zero attached hydrogens (tertiary/aromatic N) is 1. The van der Waals surface area contributed by atoms with E-state index in [2.05, 4.69) is 0 Å². The monoisotopic (exact) mass is 246 g/mol. The van der Waals surface area contributed by atoms with E-state index in [1.807, 2.05) is 0 Å². The van der Waals surface area contributed by atoms with Crippen LogP contribution in [0.15, 0.2) is 0 Å². The fraction of sp³-hybridized carbons (Fsp3) is 0.833. The first-order chi connectivity index (χ1) is 6.63. The summed E-state index contributed by atoms with van der Waals surface area (Å²) < 4.78 is 58.4. The summed E-state index contributed by atoms with van der Waals surface area (Å²) >= 11 is 0. The summed E-state index contributed by atoms with van der Waals surface area (Å²) in [5, 5.41) is 0. The number of rotatable bonds is 3. The summed E-state index contributed by atoms with van der Waals surface area (Å²) in [5.74, 6) is -2.88. The van der Waals surface area contributed by atoms with E-state index in [1.165, 1.54) is 0 Å². The summed E-state index contributed by atoms with van der Waals surface area (Å²) in [6.07, 6.45) is -4.64. The number of halogens is 3. The summed E-state index contributed by atoms with van der Waals surface area (Å²) in [7, 11) is -4.47. The van der Waals surface area contributed by atoms with Gasteiger partial charge in [-0.25, -0.2) is 8.42 Å². The molecule has 5 nitrogen and oxygen atoms in total. The number of hydrogen-bond acceptors (Lipinski definition) is 3. The molecule has 1 saturated heterocycles. The molecule has 88 valence electrons. The van der Waals surface area contributed by atoms with Gasteiger partial charge in [-0.05, 0) is 6.42 Å². The third-order valence-electron chi connectivity index (χ3n) is 2.00. The molecule has 0 aliphatic carbocycles. The number of nitrogens with two attached hydrogens (primary N) is 1. The number of alkyl halides is 3. The predicted octanol–water partition coefficient (Wildman–Crippen LogP) is -0.562. The van der Waals surface area contributed by atoms with Crippen LogP contribution in [0.3, 0.4) is 0 Å². The van der Waals surface area contributed by atoms with Crippen molar-refractivity contribution in [3.05, 3.63) is 0 Å². The highest BCUT2D eigenvalue weighted by atomic mass is 32.2. The van der Waals surface area contributed by atoms with Gasteiger partial charge >= 0.3 is 6.18 Å². The second-order valence-electron chi connectivity index (χ2n) is 3.19. The van der Waals surface area contributed by atoms with Crippen LogP contribution in [0.4, 0.5) is 13.2 Å². The summed E-state index contributed by atoms with van der Waals surface area (Å²) in [5.41, 5.74) is 4.82. The van der Waals surface area contributed by atoms with Crippen molar-refractivity contribution < 1.29 is 26.4 Å². The average Bonchev–Trinajstić information content (AvgIpc) is 1.71. The molecule has 0 aromatic heterocycles. The summed E-state index contributed by atoms with van der Waals surface area (Å²) in [6.45, 7) is -0.0913. The van der Waals surface area contributed by atoms with E-state index < -0.39 is 33.9 Å². The van der Waals surface area contributed by atoms with Crippen molar-refractivity contribution in [3.8, 4) is 0 Å². The molecule has 0 aromatic rings. The summed E-state index contributed by atoms with van der Waals surface area (Å²) in [6, 6.07) is -1.13. The first-order valence-electron chi connectivity index (χ1n) is 3.99. The smallest absolute Gasteiger partial charge is 0.368 e. The zero-order valence-corrected chi connectivity index (χ0v) is 8.31. The van der Waals surface area contributed by atoms with Crippen LogP contribution in [-0.2, 0) is 14.8 Å². The SMILES string of the molecule is NC(=O)C1CCN1S(=O)(=O)CC(F)(F)F. The lowest BCUT2D eigenvalue weighted by molar-refractivity contribution is -0.125. The molecule has 9 heteroatoms. The molecule has 1 atom stereocenters. The van der Waals surface area contributed by atoms with E-state index >= 15 is 0 Å². The van der Waals surface area contributed by atoms with Gasteiger partial charge in [0, 0.05) is 6.54 Å². The van der Waals surface area contributed by atoms with Gasteiger partial charge in [0.1, 0.15) is 6.04 Å². The van der Waals surface area contributed by atoms with E-state index in [4.69, 9.17) is 5.73 Å². The first kappa shape index (κ1) is 12.2. The van der Waals surface area contributed by atoms with E-state index in [0.29, 0.717) is 4.31 Å². The van der Waals surface area contributed by atoms with Crippen LogP contribution >= 0.6 is 0 Å². The van der Waals surface area contributed by atoms with Crippen molar-refractivity contribution in [2.45, 2.75) is 18.6 Å². The minimum atomic E-state index is -4.81. The lowest BCUT2D eigenvalue weighted by atomic mass is 10.1. The summed E-state index contributed by atoms with van der Waals surface area (Å²) in [4.78, 5) is 10.6. The Bertz CT molecular complexity index is 364. The third kappa shape index (κ3) is 2.81. The predicted molar refractivity (Wildman–Crippen MR) is 44.1 cm³/mol. The number of amides is 1. The molecule has 0 aromatic carbocycles. The molecule has 2 N–H and O–H groups in total. The van der Waals surface area contributed by atoms with Crippen LogP contribution in [-0.4, -0.2) is 43.1 Å². The highest BCUT2D eigenvalue weighted by molar-refractivity contribution is 7.89. The molecule has 0 radical (unpaired) electrons. The fourth-order valence-corrected chi connectivity index (χ4v) is 2.83. The van der Waals surface area contributed by atoms with Crippen molar-refractivity contribution in [2.24, 2.45) is 5.73 Å². The van der Waals surface area contributed by atoms with Crippen LogP contribution < -0.4 is 5.73 Å². The lowest BCUT2D eigenvalue weighted by Crippen LogP contribution is -2.58. The normalized spacial score (nSPS) is 23.5. The molecule has 0 spiro atoms. The number of hydrogen-bond donors (Lipinski definition) is 1. The molecule has 1 heterocycles.